The lowest BCUT2D eigenvalue weighted by Gasteiger charge is -2.36. The van der Waals surface area contributed by atoms with Gasteiger partial charge in [-0.05, 0) is 30.7 Å². The van der Waals surface area contributed by atoms with Crippen molar-refractivity contribution in [3.63, 3.8) is 0 Å². The van der Waals surface area contributed by atoms with E-state index in [0.29, 0.717) is 48.1 Å². The van der Waals surface area contributed by atoms with Crippen molar-refractivity contribution >= 4 is 17.4 Å². The number of piperidine rings is 1. The lowest BCUT2D eigenvalue weighted by atomic mass is 9.94. The number of hydrogen-bond acceptors (Lipinski definition) is 7. The van der Waals surface area contributed by atoms with E-state index in [9.17, 15) is 15.0 Å². The maximum atomic E-state index is 12.9. The third-order valence-corrected chi connectivity index (χ3v) is 4.94. The minimum Gasteiger partial charge on any atom is -0.497 e. The van der Waals surface area contributed by atoms with Crippen molar-refractivity contribution in [1.29, 1.82) is 0 Å². The number of nitrogens with zero attached hydrogens (tertiary/aromatic N) is 2. The molecule has 3 rings (SSSR count). The molecule has 1 amide bonds. The number of rotatable bonds is 6. The van der Waals surface area contributed by atoms with Gasteiger partial charge in [-0.3, -0.25) is 4.79 Å². The number of ether oxygens (including phenoxy) is 2. The van der Waals surface area contributed by atoms with Crippen LogP contribution in [0.15, 0.2) is 36.5 Å². The van der Waals surface area contributed by atoms with Crippen molar-refractivity contribution in [2.24, 2.45) is 5.92 Å². The van der Waals surface area contributed by atoms with Crippen molar-refractivity contribution in [3.05, 3.63) is 42.1 Å². The summed E-state index contributed by atoms with van der Waals surface area (Å²) < 4.78 is 10.5. The van der Waals surface area contributed by atoms with Crippen LogP contribution in [-0.4, -0.2) is 61.1 Å². The lowest BCUT2D eigenvalue weighted by Crippen LogP contribution is -2.46. The summed E-state index contributed by atoms with van der Waals surface area (Å²) in [5.41, 5.74) is 0.914. The fraction of sp³-hybridized carbons (Fsp3) is 0.400. The number of carbonyl (C=O) groups excluding carboxylic acids is 1. The van der Waals surface area contributed by atoms with Gasteiger partial charge in [-0.2, -0.15) is 0 Å². The second kappa shape index (κ2) is 8.90. The molecule has 8 heteroatoms. The highest BCUT2D eigenvalue weighted by atomic mass is 16.5. The van der Waals surface area contributed by atoms with E-state index in [0.717, 1.165) is 0 Å². The summed E-state index contributed by atoms with van der Waals surface area (Å²) in [4.78, 5) is 19.2. The van der Waals surface area contributed by atoms with Crippen LogP contribution in [0.3, 0.4) is 0 Å². The third-order valence-electron chi connectivity index (χ3n) is 4.94. The second-order valence-corrected chi connectivity index (χ2v) is 6.64. The van der Waals surface area contributed by atoms with Gasteiger partial charge in [0, 0.05) is 37.9 Å². The molecule has 1 aromatic carbocycles. The van der Waals surface area contributed by atoms with Crippen LogP contribution >= 0.6 is 0 Å². The maximum Gasteiger partial charge on any atom is 0.259 e. The van der Waals surface area contributed by atoms with Gasteiger partial charge < -0.3 is 29.9 Å². The van der Waals surface area contributed by atoms with Gasteiger partial charge in [0.2, 0.25) is 0 Å². The predicted molar refractivity (Wildman–Crippen MR) is 105 cm³/mol. The Balaban J connectivity index is 1.82. The SMILES string of the molecule is COc1ccc(NC(=O)c2cccnc2N2CC[C@H](CO)[C@@H](O)C2)c(OC)c1. The Morgan fingerprint density at radius 1 is 1.32 bits per heavy atom. The highest BCUT2D eigenvalue weighted by Gasteiger charge is 2.29. The van der Waals surface area contributed by atoms with Gasteiger partial charge >= 0.3 is 0 Å². The highest BCUT2D eigenvalue weighted by molar-refractivity contribution is 6.08. The zero-order valence-corrected chi connectivity index (χ0v) is 16.0. The molecule has 150 valence electrons. The molecule has 0 bridgehead atoms. The average Bonchev–Trinajstić information content (AvgIpc) is 2.73. The monoisotopic (exact) mass is 387 g/mol. The minimum atomic E-state index is -0.668. The molecule has 1 aromatic heterocycles. The summed E-state index contributed by atoms with van der Waals surface area (Å²) in [5.74, 6) is 1.13. The first-order chi connectivity index (χ1) is 13.6. The molecule has 0 saturated carbocycles. The number of anilines is 2. The number of pyridine rings is 1. The van der Waals surface area contributed by atoms with Crippen molar-refractivity contribution in [2.75, 3.05) is 44.1 Å². The van der Waals surface area contributed by atoms with Crippen LogP contribution < -0.4 is 19.7 Å². The number of aliphatic hydroxyl groups excluding tert-OH is 2. The number of aromatic nitrogens is 1. The average molecular weight is 387 g/mol. The van der Waals surface area contributed by atoms with Gasteiger partial charge in [-0.15, -0.1) is 0 Å². The summed E-state index contributed by atoms with van der Waals surface area (Å²) in [6.07, 6.45) is 1.57. The molecule has 1 saturated heterocycles. The number of amides is 1. The molecule has 2 heterocycles. The van der Waals surface area contributed by atoms with E-state index in [4.69, 9.17) is 9.47 Å². The summed E-state index contributed by atoms with van der Waals surface area (Å²) in [6, 6.07) is 8.52. The smallest absolute Gasteiger partial charge is 0.259 e. The predicted octanol–water partition coefficient (Wildman–Crippen LogP) is 1.53. The van der Waals surface area contributed by atoms with Crippen molar-refractivity contribution in [3.8, 4) is 11.5 Å². The molecule has 2 aromatic rings. The topological polar surface area (TPSA) is 104 Å². The van der Waals surface area contributed by atoms with E-state index in [1.54, 1.807) is 43.6 Å². The Bertz CT molecular complexity index is 829. The van der Waals surface area contributed by atoms with Gasteiger partial charge in [0.05, 0.1) is 31.6 Å². The zero-order chi connectivity index (χ0) is 20.1. The molecule has 0 aliphatic carbocycles. The van der Waals surface area contributed by atoms with Crippen LogP contribution in [0.25, 0.3) is 0 Å². The number of hydrogen-bond donors (Lipinski definition) is 3. The summed E-state index contributed by atoms with van der Waals surface area (Å²) in [6.45, 7) is 0.863. The number of aliphatic hydroxyl groups is 2. The van der Waals surface area contributed by atoms with E-state index in [1.165, 1.54) is 7.11 Å². The van der Waals surface area contributed by atoms with Crippen LogP contribution in [-0.2, 0) is 0 Å². The fourth-order valence-electron chi connectivity index (χ4n) is 3.30. The molecular weight excluding hydrogens is 362 g/mol. The summed E-state index contributed by atoms with van der Waals surface area (Å²) >= 11 is 0. The highest BCUT2D eigenvalue weighted by Crippen LogP contribution is 2.30. The zero-order valence-electron chi connectivity index (χ0n) is 16.0. The third kappa shape index (κ3) is 4.18. The molecule has 1 fully saturated rings. The fourth-order valence-corrected chi connectivity index (χ4v) is 3.30. The van der Waals surface area contributed by atoms with Gasteiger partial charge in [-0.25, -0.2) is 4.98 Å². The van der Waals surface area contributed by atoms with Crippen LogP contribution in [0.5, 0.6) is 11.5 Å². The van der Waals surface area contributed by atoms with E-state index in [2.05, 4.69) is 10.3 Å². The van der Waals surface area contributed by atoms with Gasteiger partial charge in [0.25, 0.3) is 5.91 Å². The van der Waals surface area contributed by atoms with Crippen molar-refractivity contribution < 1.29 is 24.5 Å². The lowest BCUT2D eigenvalue weighted by molar-refractivity contribution is 0.0545. The molecule has 1 aliphatic heterocycles. The Kier molecular flexibility index (Phi) is 6.33. The Hall–Kier alpha value is -2.84. The van der Waals surface area contributed by atoms with Crippen molar-refractivity contribution in [1.82, 2.24) is 4.98 Å². The molecule has 2 atom stereocenters. The van der Waals surface area contributed by atoms with Crippen molar-refractivity contribution in [2.45, 2.75) is 12.5 Å². The summed E-state index contributed by atoms with van der Waals surface area (Å²) in [5, 5.41) is 22.4. The first-order valence-corrected chi connectivity index (χ1v) is 9.09. The molecular formula is C20H25N3O5. The molecule has 0 unspecified atom stereocenters. The van der Waals surface area contributed by atoms with Gasteiger partial charge in [0.15, 0.2) is 0 Å². The normalized spacial score (nSPS) is 19.2. The van der Waals surface area contributed by atoms with Crippen LogP contribution in [0, 0.1) is 5.92 Å². The van der Waals surface area contributed by atoms with Gasteiger partial charge in [-0.1, -0.05) is 0 Å². The Morgan fingerprint density at radius 3 is 2.82 bits per heavy atom. The number of methoxy groups -OCH3 is 2. The molecule has 0 radical (unpaired) electrons. The first-order valence-electron chi connectivity index (χ1n) is 9.09. The molecule has 0 spiro atoms. The maximum absolute atomic E-state index is 12.9. The first kappa shape index (κ1) is 19.9. The number of nitrogens with one attached hydrogen (secondary N) is 1. The van der Waals surface area contributed by atoms with Gasteiger partial charge in [0.1, 0.15) is 17.3 Å². The van der Waals surface area contributed by atoms with Crippen LogP contribution in [0.1, 0.15) is 16.8 Å². The molecule has 3 N–H and O–H groups in total. The number of β-amino-alcohol motifs (C(OH)–C–C–N with tert-alkyl or cyclic N) is 1. The Labute approximate surface area is 163 Å². The molecule has 8 nitrogen and oxygen atoms in total. The second-order valence-electron chi connectivity index (χ2n) is 6.64. The van der Waals surface area contributed by atoms with E-state index in [-0.39, 0.29) is 18.4 Å². The van der Waals surface area contributed by atoms with E-state index >= 15 is 0 Å². The van der Waals surface area contributed by atoms with E-state index < -0.39 is 6.10 Å². The number of benzene rings is 1. The van der Waals surface area contributed by atoms with E-state index in [1.807, 2.05) is 4.90 Å². The largest absolute Gasteiger partial charge is 0.497 e. The minimum absolute atomic E-state index is 0.0537. The Morgan fingerprint density at radius 2 is 2.14 bits per heavy atom. The summed E-state index contributed by atoms with van der Waals surface area (Å²) in [7, 11) is 3.08. The molecule has 28 heavy (non-hydrogen) atoms. The quantitative estimate of drug-likeness (QED) is 0.690. The number of carbonyl (C=O) groups is 1. The van der Waals surface area contributed by atoms with Crippen LogP contribution in [0.2, 0.25) is 0 Å². The molecule has 1 aliphatic rings. The van der Waals surface area contributed by atoms with Crippen LogP contribution in [0.4, 0.5) is 11.5 Å². The standard InChI is InChI=1S/C20H25N3O5/c1-27-14-5-6-16(18(10-14)28-2)22-20(26)15-4-3-8-21-19(15)23-9-7-13(12-24)17(25)11-23/h3-6,8,10,13,17,24-25H,7,9,11-12H2,1-2H3,(H,22,26)/t13-,17+/m1/s1.